The Labute approximate surface area is 255 Å². The molecule has 8 rings (SSSR count). The Morgan fingerprint density at radius 1 is 0.419 bits per heavy atom. The van der Waals surface area contributed by atoms with E-state index in [1.165, 1.54) is 75.5 Å². The van der Waals surface area contributed by atoms with Crippen molar-refractivity contribution in [2.24, 2.45) is 0 Å². The average Bonchev–Trinajstić information content (AvgIpc) is 3.09. The SMILES string of the molecule is c1ccc(-c2ccc(Sc3c4ccccc4c(-c4ccc5ccccc5c4)c4cnccc34)cc2-c2ccccc2)cc1. The van der Waals surface area contributed by atoms with Crippen LogP contribution >= 0.6 is 11.8 Å². The minimum Gasteiger partial charge on any atom is -0.264 e. The maximum atomic E-state index is 4.61. The molecular formula is C41H27NS. The van der Waals surface area contributed by atoms with E-state index in [0.29, 0.717) is 0 Å². The Kier molecular flexibility index (Phi) is 6.47. The number of nitrogens with zero attached hydrogens (tertiary/aromatic N) is 1. The third-order valence-electron chi connectivity index (χ3n) is 8.19. The first kappa shape index (κ1) is 25.5. The van der Waals surface area contributed by atoms with Crippen molar-refractivity contribution < 1.29 is 0 Å². The summed E-state index contributed by atoms with van der Waals surface area (Å²) in [7, 11) is 0. The summed E-state index contributed by atoms with van der Waals surface area (Å²) in [6.07, 6.45) is 3.95. The standard InChI is InChI=1S/C41H27NS/c1-3-12-29(13-4-1)34-22-21-33(26-38(34)30-14-5-2-6-15-30)43-41-36-18-10-9-17-35(36)40(39-27-42-24-23-37(39)41)32-20-19-28-11-7-8-16-31(28)25-32/h1-27H. The second-order valence-electron chi connectivity index (χ2n) is 10.8. The van der Waals surface area contributed by atoms with Gasteiger partial charge >= 0.3 is 0 Å². The molecule has 0 atom stereocenters. The van der Waals surface area contributed by atoms with Crippen LogP contribution in [0.25, 0.3) is 65.7 Å². The molecule has 0 aliphatic heterocycles. The van der Waals surface area contributed by atoms with Gasteiger partial charge in [-0.3, -0.25) is 4.98 Å². The van der Waals surface area contributed by atoms with Crippen LogP contribution in [-0.2, 0) is 0 Å². The molecule has 0 radical (unpaired) electrons. The van der Waals surface area contributed by atoms with E-state index in [0.717, 1.165) is 0 Å². The molecular weight excluding hydrogens is 539 g/mol. The van der Waals surface area contributed by atoms with E-state index in [1.54, 1.807) is 0 Å². The van der Waals surface area contributed by atoms with E-state index in [9.17, 15) is 0 Å². The van der Waals surface area contributed by atoms with Crippen molar-refractivity contribution in [3.63, 3.8) is 0 Å². The average molecular weight is 566 g/mol. The lowest BCUT2D eigenvalue weighted by Gasteiger charge is -2.18. The summed E-state index contributed by atoms with van der Waals surface area (Å²) in [5.41, 5.74) is 7.36. The molecule has 43 heavy (non-hydrogen) atoms. The predicted octanol–water partition coefficient (Wildman–Crippen LogP) is 11.7. The number of rotatable bonds is 5. The highest BCUT2D eigenvalue weighted by Gasteiger charge is 2.18. The fourth-order valence-corrected chi connectivity index (χ4v) is 7.30. The topological polar surface area (TPSA) is 12.9 Å². The lowest BCUT2D eigenvalue weighted by atomic mass is 9.92. The maximum Gasteiger partial charge on any atom is 0.0353 e. The number of benzene rings is 7. The van der Waals surface area contributed by atoms with Crippen LogP contribution in [0.2, 0.25) is 0 Å². The largest absolute Gasteiger partial charge is 0.264 e. The molecule has 0 amide bonds. The summed E-state index contributed by atoms with van der Waals surface area (Å²) < 4.78 is 0. The second kappa shape index (κ2) is 10.9. The molecule has 7 aromatic carbocycles. The van der Waals surface area contributed by atoms with Crippen LogP contribution in [0.15, 0.2) is 174 Å². The van der Waals surface area contributed by atoms with Gasteiger partial charge in [0.05, 0.1) is 0 Å². The van der Waals surface area contributed by atoms with Gasteiger partial charge in [0.1, 0.15) is 0 Å². The number of hydrogen-bond donors (Lipinski definition) is 0. The Hall–Kier alpha value is -5.18. The van der Waals surface area contributed by atoms with Gasteiger partial charge in [0.25, 0.3) is 0 Å². The fourth-order valence-electron chi connectivity index (χ4n) is 6.18. The number of hydrogen-bond acceptors (Lipinski definition) is 2. The Morgan fingerprint density at radius 2 is 1.07 bits per heavy atom. The van der Waals surface area contributed by atoms with Crippen LogP contribution in [0.1, 0.15) is 0 Å². The molecule has 0 bridgehead atoms. The first-order valence-electron chi connectivity index (χ1n) is 14.5. The predicted molar refractivity (Wildman–Crippen MR) is 184 cm³/mol. The summed E-state index contributed by atoms with van der Waals surface area (Å²) in [5.74, 6) is 0. The summed E-state index contributed by atoms with van der Waals surface area (Å²) in [6.45, 7) is 0. The van der Waals surface area contributed by atoms with Gasteiger partial charge in [-0.1, -0.05) is 139 Å². The zero-order valence-corrected chi connectivity index (χ0v) is 24.3. The number of pyridine rings is 1. The Morgan fingerprint density at radius 3 is 1.86 bits per heavy atom. The number of aromatic nitrogens is 1. The molecule has 0 unspecified atom stereocenters. The summed E-state index contributed by atoms with van der Waals surface area (Å²) in [6, 6.07) is 54.6. The van der Waals surface area contributed by atoms with Crippen LogP contribution in [-0.4, -0.2) is 4.98 Å². The molecule has 1 aromatic heterocycles. The molecule has 0 N–H and O–H groups in total. The van der Waals surface area contributed by atoms with Gasteiger partial charge < -0.3 is 0 Å². The Balaban J connectivity index is 1.33. The van der Waals surface area contributed by atoms with Gasteiger partial charge in [0.15, 0.2) is 0 Å². The smallest absolute Gasteiger partial charge is 0.0353 e. The lowest BCUT2D eigenvalue weighted by molar-refractivity contribution is 1.36. The molecule has 0 aliphatic rings. The van der Waals surface area contributed by atoms with E-state index in [2.05, 4.69) is 157 Å². The monoisotopic (exact) mass is 565 g/mol. The molecule has 0 saturated carbocycles. The highest BCUT2D eigenvalue weighted by molar-refractivity contribution is 7.99. The van der Waals surface area contributed by atoms with E-state index in [-0.39, 0.29) is 0 Å². The van der Waals surface area contributed by atoms with E-state index >= 15 is 0 Å². The molecule has 0 fully saturated rings. The van der Waals surface area contributed by atoms with Gasteiger partial charge in [0.2, 0.25) is 0 Å². The van der Waals surface area contributed by atoms with Crippen LogP contribution in [0.4, 0.5) is 0 Å². The minimum absolute atomic E-state index is 1.17. The van der Waals surface area contributed by atoms with Gasteiger partial charge in [-0.05, 0) is 84.6 Å². The lowest BCUT2D eigenvalue weighted by Crippen LogP contribution is -1.91. The zero-order chi connectivity index (χ0) is 28.6. The highest BCUT2D eigenvalue weighted by atomic mass is 32.2. The summed E-state index contributed by atoms with van der Waals surface area (Å²) in [5, 5.41) is 7.37. The second-order valence-corrected chi connectivity index (χ2v) is 11.9. The van der Waals surface area contributed by atoms with Crippen molar-refractivity contribution in [2.75, 3.05) is 0 Å². The minimum atomic E-state index is 1.17. The maximum absolute atomic E-state index is 4.61. The number of fused-ring (bicyclic) bond motifs is 3. The normalized spacial score (nSPS) is 11.3. The molecule has 202 valence electrons. The Bertz CT molecular complexity index is 2200. The van der Waals surface area contributed by atoms with Crippen LogP contribution in [0, 0.1) is 0 Å². The van der Waals surface area contributed by atoms with Crippen molar-refractivity contribution in [2.45, 2.75) is 9.79 Å². The molecule has 1 heterocycles. The third kappa shape index (κ3) is 4.67. The highest BCUT2D eigenvalue weighted by Crippen LogP contribution is 2.46. The molecule has 1 nitrogen and oxygen atoms in total. The fraction of sp³-hybridized carbons (Fsp3) is 0. The van der Waals surface area contributed by atoms with Gasteiger partial charge in [-0.15, -0.1) is 0 Å². The van der Waals surface area contributed by atoms with Crippen molar-refractivity contribution >= 4 is 44.1 Å². The van der Waals surface area contributed by atoms with E-state index < -0.39 is 0 Å². The van der Waals surface area contributed by atoms with Crippen molar-refractivity contribution in [1.29, 1.82) is 0 Å². The van der Waals surface area contributed by atoms with Gasteiger partial charge in [-0.25, -0.2) is 0 Å². The van der Waals surface area contributed by atoms with Crippen molar-refractivity contribution in [1.82, 2.24) is 4.98 Å². The first-order chi connectivity index (χ1) is 21.3. The molecule has 0 aliphatic carbocycles. The summed E-state index contributed by atoms with van der Waals surface area (Å²) in [4.78, 5) is 7.07. The van der Waals surface area contributed by atoms with Crippen molar-refractivity contribution in [3.8, 4) is 33.4 Å². The molecule has 0 spiro atoms. The molecule has 8 aromatic rings. The molecule has 2 heteroatoms. The van der Waals surface area contributed by atoms with Gasteiger partial charge in [-0.2, -0.15) is 0 Å². The quantitative estimate of drug-likeness (QED) is 0.193. The molecule has 0 saturated heterocycles. The summed E-state index contributed by atoms with van der Waals surface area (Å²) >= 11 is 1.84. The van der Waals surface area contributed by atoms with Gasteiger partial charge in [0, 0.05) is 27.6 Å². The van der Waals surface area contributed by atoms with Crippen LogP contribution < -0.4 is 0 Å². The van der Waals surface area contributed by atoms with E-state index in [4.69, 9.17) is 0 Å². The zero-order valence-electron chi connectivity index (χ0n) is 23.4. The van der Waals surface area contributed by atoms with Crippen LogP contribution in [0.5, 0.6) is 0 Å². The van der Waals surface area contributed by atoms with Crippen LogP contribution in [0.3, 0.4) is 0 Å². The first-order valence-corrected chi connectivity index (χ1v) is 15.4. The third-order valence-corrected chi connectivity index (χ3v) is 9.33. The van der Waals surface area contributed by atoms with Crippen molar-refractivity contribution in [3.05, 3.63) is 164 Å². The van der Waals surface area contributed by atoms with E-state index in [1.807, 2.05) is 24.2 Å².